The second kappa shape index (κ2) is 15.4. The maximum absolute atomic E-state index is 11.9. The van der Waals surface area contributed by atoms with E-state index >= 15 is 0 Å². The van der Waals surface area contributed by atoms with Gasteiger partial charge < -0.3 is 33.2 Å². The van der Waals surface area contributed by atoms with Crippen molar-refractivity contribution in [2.45, 2.75) is 56.8 Å². The predicted molar refractivity (Wildman–Crippen MR) is 125 cm³/mol. The van der Waals surface area contributed by atoms with Crippen LogP contribution >= 0.6 is 0 Å². The minimum absolute atomic E-state index is 0.0124. The molecule has 1 aromatic rings. The number of carbonyl (C=O) groups is 1. The van der Waals surface area contributed by atoms with Gasteiger partial charge in [0.25, 0.3) is 0 Å². The maximum Gasteiger partial charge on any atom is 0.306 e. The van der Waals surface area contributed by atoms with Gasteiger partial charge in [0.05, 0.1) is 45.1 Å². The molecule has 0 N–H and O–H groups in total. The van der Waals surface area contributed by atoms with E-state index in [0.29, 0.717) is 32.8 Å². The molecule has 1 unspecified atom stereocenters. The Bertz CT molecular complexity index is 685. The molecule has 1 saturated heterocycles. The molecule has 3 rings (SSSR count). The summed E-state index contributed by atoms with van der Waals surface area (Å²) in [6, 6.07) is 10.4. The van der Waals surface area contributed by atoms with Crippen molar-refractivity contribution in [3.63, 3.8) is 0 Å². The molecule has 1 aliphatic carbocycles. The van der Waals surface area contributed by atoms with Crippen LogP contribution in [0.15, 0.2) is 30.3 Å². The highest BCUT2D eigenvalue weighted by Crippen LogP contribution is 2.45. The van der Waals surface area contributed by atoms with Gasteiger partial charge in [-0.15, -0.1) is 0 Å². The number of esters is 1. The zero-order valence-electron chi connectivity index (χ0n) is 20.5. The van der Waals surface area contributed by atoms with Gasteiger partial charge in [-0.05, 0) is 37.2 Å². The molecule has 0 spiro atoms. The molecule has 1 aromatic carbocycles. The summed E-state index contributed by atoms with van der Waals surface area (Å²) in [7, 11) is 3.30. The van der Waals surface area contributed by atoms with Crippen molar-refractivity contribution in [3.05, 3.63) is 35.9 Å². The highest BCUT2D eigenvalue weighted by Gasteiger charge is 2.50. The molecule has 2 aliphatic rings. The smallest absolute Gasteiger partial charge is 0.306 e. The molecule has 0 aromatic heterocycles. The van der Waals surface area contributed by atoms with Crippen LogP contribution in [-0.4, -0.2) is 78.5 Å². The lowest BCUT2D eigenvalue weighted by Gasteiger charge is -2.26. The van der Waals surface area contributed by atoms with E-state index in [9.17, 15) is 4.79 Å². The quantitative estimate of drug-likeness (QED) is 0.180. The number of aryl methyl sites for hydroxylation is 1. The van der Waals surface area contributed by atoms with Crippen LogP contribution in [0.4, 0.5) is 0 Å². The first kappa shape index (κ1) is 27.0. The van der Waals surface area contributed by atoms with E-state index in [-0.39, 0.29) is 49.7 Å². The highest BCUT2D eigenvalue weighted by atomic mass is 16.7. The van der Waals surface area contributed by atoms with Crippen molar-refractivity contribution in [1.29, 1.82) is 0 Å². The molecular formula is C26H40O8. The van der Waals surface area contributed by atoms with Crippen LogP contribution in [0.2, 0.25) is 0 Å². The van der Waals surface area contributed by atoms with Crippen LogP contribution in [0.25, 0.3) is 0 Å². The standard InChI is InChI=1S/C26H40O8/c1-28-12-14-30-18-32-21(9-8-20-6-4-3-5-7-20)10-11-22-23-16-26(27)34-25(23)17-24(22)33-19-31-15-13-29-2/h3-7,21-25H,8-19H2,1-2H3/t21?,22-,23-,24-,25+/m1/s1. The van der Waals surface area contributed by atoms with E-state index in [1.807, 2.05) is 6.07 Å². The summed E-state index contributed by atoms with van der Waals surface area (Å²) in [5, 5.41) is 0. The van der Waals surface area contributed by atoms with Gasteiger partial charge in [0.1, 0.15) is 19.7 Å². The third-order valence-electron chi connectivity index (χ3n) is 6.69. The SMILES string of the molecule is COCCOCOC(CCc1ccccc1)CC[C@@H]1[C@H]2CC(=O)O[C@H]2C[C@H]1OCOCCOC. The summed E-state index contributed by atoms with van der Waals surface area (Å²) in [5.41, 5.74) is 1.29. The van der Waals surface area contributed by atoms with Crippen molar-refractivity contribution in [2.75, 3.05) is 54.2 Å². The Kier molecular flexibility index (Phi) is 12.3. The number of hydrogen-bond acceptors (Lipinski definition) is 8. The first-order chi connectivity index (χ1) is 16.7. The zero-order valence-corrected chi connectivity index (χ0v) is 20.5. The lowest BCUT2D eigenvalue weighted by molar-refractivity contribution is -0.144. The summed E-state index contributed by atoms with van der Waals surface area (Å²) in [4.78, 5) is 11.9. The van der Waals surface area contributed by atoms with Crippen LogP contribution in [0.1, 0.15) is 37.7 Å². The molecule has 1 heterocycles. The lowest BCUT2D eigenvalue weighted by atomic mass is 9.86. The largest absolute Gasteiger partial charge is 0.462 e. The van der Waals surface area contributed by atoms with E-state index in [1.165, 1.54) is 5.56 Å². The van der Waals surface area contributed by atoms with Crippen molar-refractivity contribution >= 4 is 5.97 Å². The predicted octanol–water partition coefficient (Wildman–Crippen LogP) is 3.36. The molecule has 0 radical (unpaired) electrons. The average Bonchev–Trinajstić information content (AvgIpc) is 3.36. The normalized spacial score (nSPS) is 24.8. The molecular weight excluding hydrogens is 440 g/mol. The Morgan fingerprint density at radius 3 is 2.44 bits per heavy atom. The average molecular weight is 481 g/mol. The number of hydrogen-bond donors (Lipinski definition) is 0. The molecule has 5 atom stereocenters. The Labute approximate surface area is 203 Å². The van der Waals surface area contributed by atoms with Gasteiger partial charge in [-0.1, -0.05) is 30.3 Å². The second-order valence-electron chi connectivity index (χ2n) is 8.93. The first-order valence-corrected chi connectivity index (χ1v) is 12.3. The van der Waals surface area contributed by atoms with Gasteiger partial charge >= 0.3 is 5.97 Å². The highest BCUT2D eigenvalue weighted by molar-refractivity contribution is 5.72. The molecule has 1 aliphatic heterocycles. The van der Waals surface area contributed by atoms with Crippen molar-refractivity contribution in [1.82, 2.24) is 0 Å². The third-order valence-corrected chi connectivity index (χ3v) is 6.69. The Hall–Kier alpha value is -1.55. The van der Waals surface area contributed by atoms with Gasteiger partial charge in [0.2, 0.25) is 0 Å². The number of fused-ring (bicyclic) bond motifs is 1. The maximum atomic E-state index is 11.9. The van der Waals surface area contributed by atoms with Crippen molar-refractivity contribution in [2.24, 2.45) is 11.8 Å². The fourth-order valence-electron chi connectivity index (χ4n) is 4.89. The number of rotatable bonds is 18. The topological polar surface area (TPSA) is 81.7 Å². The van der Waals surface area contributed by atoms with Crippen molar-refractivity contribution in [3.8, 4) is 0 Å². The monoisotopic (exact) mass is 480 g/mol. The summed E-state index contributed by atoms with van der Waals surface area (Å²) in [5.74, 6) is 0.335. The van der Waals surface area contributed by atoms with Crippen LogP contribution in [0, 0.1) is 11.8 Å². The van der Waals surface area contributed by atoms with Crippen LogP contribution < -0.4 is 0 Å². The molecule has 0 bridgehead atoms. The van der Waals surface area contributed by atoms with E-state index in [0.717, 1.165) is 32.1 Å². The molecule has 192 valence electrons. The molecule has 0 amide bonds. The summed E-state index contributed by atoms with van der Waals surface area (Å²) >= 11 is 0. The van der Waals surface area contributed by atoms with Gasteiger partial charge in [0, 0.05) is 26.6 Å². The Balaban J connectivity index is 1.53. The number of carbonyl (C=O) groups excluding carboxylic acids is 1. The first-order valence-electron chi connectivity index (χ1n) is 12.3. The molecule has 1 saturated carbocycles. The molecule has 8 heteroatoms. The van der Waals surface area contributed by atoms with Gasteiger partial charge in [-0.3, -0.25) is 4.79 Å². The number of ether oxygens (including phenoxy) is 7. The van der Waals surface area contributed by atoms with Crippen LogP contribution in [-0.2, 0) is 44.4 Å². The van der Waals surface area contributed by atoms with Crippen LogP contribution in [0.3, 0.4) is 0 Å². The zero-order chi connectivity index (χ0) is 24.0. The minimum atomic E-state index is -0.0989. The molecule has 2 fully saturated rings. The van der Waals surface area contributed by atoms with E-state index < -0.39 is 0 Å². The lowest BCUT2D eigenvalue weighted by Crippen LogP contribution is -2.27. The molecule has 34 heavy (non-hydrogen) atoms. The fraction of sp³-hybridized carbons (Fsp3) is 0.731. The van der Waals surface area contributed by atoms with Crippen molar-refractivity contribution < 1.29 is 38.0 Å². The minimum Gasteiger partial charge on any atom is -0.462 e. The van der Waals surface area contributed by atoms with Gasteiger partial charge in [-0.2, -0.15) is 0 Å². The summed E-state index contributed by atoms with van der Waals surface area (Å²) in [6.07, 6.45) is 4.82. The number of methoxy groups -OCH3 is 2. The Morgan fingerprint density at radius 1 is 0.971 bits per heavy atom. The van der Waals surface area contributed by atoms with E-state index in [4.69, 9.17) is 33.2 Å². The van der Waals surface area contributed by atoms with Gasteiger partial charge in [0.15, 0.2) is 0 Å². The van der Waals surface area contributed by atoms with Gasteiger partial charge in [-0.25, -0.2) is 0 Å². The second-order valence-corrected chi connectivity index (χ2v) is 8.93. The van der Waals surface area contributed by atoms with E-state index in [2.05, 4.69) is 24.3 Å². The summed E-state index contributed by atoms with van der Waals surface area (Å²) in [6.45, 7) is 2.55. The van der Waals surface area contributed by atoms with Crippen LogP contribution in [0.5, 0.6) is 0 Å². The van der Waals surface area contributed by atoms with E-state index in [1.54, 1.807) is 14.2 Å². The fourth-order valence-corrected chi connectivity index (χ4v) is 4.89. The number of benzene rings is 1. The third kappa shape index (κ3) is 8.91. The Morgan fingerprint density at radius 2 is 1.71 bits per heavy atom. The summed E-state index contributed by atoms with van der Waals surface area (Å²) < 4.78 is 38.9. The molecule has 8 nitrogen and oxygen atoms in total.